The SMILES string of the molecule is CO[C@H](C(=O)N1Cc2[nH]nc(NC(=O)c3ccc(N4CCN(C)CC4)cc3)c2C1)c1ccccc1. The molecule has 2 aromatic carbocycles. The number of rotatable bonds is 6. The maximum absolute atomic E-state index is 13.2. The van der Waals surface area contributed by atoms with Crippen LogP contribution in [0.5, 0.6) is 0 Å². The predicted octanol–water partition coefficient (Wildman–Crippen LogP) is 2.64. The Kier molecular flexibility index (Phi) is 6.52. The number of hydrogen-bond donors (Lipinski definition) is 2. The minimum Gasteiger partial charge on any atom is -0.369 e. The largest absolute Gasteiger partial charge is 0.369 e. The van der Waals surface area contributed by atoms with Crippen molar-refractivity contribution in [3.63, 3.8) is 0 Å². The zero-order chi connectivity index (χ0) is 24.4. The van der Waals surface area contributed by atoms with Crippen LogP contribution >= 0.6 is 0 Å². The van der Waals surface area contributed by atoms with Crippen molar-refractivity contribution < 1.29 is 14.3 Å². The lowest BCUT2D eigenvalue weighted by molar-refractivity contribution is -0.143. The molecule has 2 amide bonds. The van der Waals surface area contributed by atoms with Gasteiger partial charge >= 0.3 is 0 Å². The molecule has 3 heterocycles. The number of H-pyrrole nitrogens is 1. The number of piperazine rings is 1. The third-order valence-corrected chi connectivity index (χ3v) is 6.75. The normalized spacial score (nSPS) is 16.7. The van der Waals surface area contributed by atoms with Gasteiger partial charge in [-0.3, -0.25) is 14.7 Å². The van der Waals surface area contributed by atoms with Gasteiger partial charge in [-0.15, -0.1) is 0 Å². The van der Waals surface area contributed by atoms with E-state index in [1.165, 1.54) is 7.11 Å². The molecule has 2 N–H and O–H groups in total. The third kappa shape index (κ3) is 4.78. The summed E-state index contributed by atoms with van der Waals surface area (Å²) < 4.78 is 5.50. The summed E-state index contributed by atoms with van der Waals surface area (Å²) in [5.41, 5.74) is 4.14. The lowest BCUT2D eigenvalue weighted by Gasteiger charge is -2.34. The van der Waals surface area contributed by atoms with Gasteiger partial charge in [-0.1, -0.05) is 30.3 Å². The Hall–Kier alpha value is -3.69. The zero-order valence-corrected chi connectivity index (χ0v) is 20.0. The average Bonchev–Trinajstić information content (AvgIpc) is 3.48. The second-order valence-electron chi connectivity index (χ2n) is 9.04. The van der Waals surface area contributed by atoms with E-state index in [-0.39, 0.29) is 11.8 Å². The Morgan fingerprint density at radius 3 is 2.40 bits per heavy atom. The van der Waals surface area contributed by atoms with Crippen LogP contribution in [0.3, 0.4) is 0 Å². The molecule has 0 unspecified atom stereocenters. The molecule has 5 rings (SSSR count). The van der Waals surface area contributed by atoms with E-state index in [0.717, 1.165) is 48.7 Å². The number of amides is 2. The Labute approximate surface area is 204 Å². The number of ether oxygens (including phenoxy) is 1. The summed E-state index contributed by atoms with van der Waals surface area (Å²) in [6, 6.07) is 17.1. The van der Waals surface area contributed by atoms with Gasteiger partial charge < -0.3 is 24.8 Å². The molecule has 35 heavy (non-hydrogen) atoms. The fourth-order valence-electron chi connectivity index (χ4n) is 4.64. The monoisotopic (exact) mass is 474 g/mol. The topological polar surface area (TPSA) is 93.8 Å². The number of carbonyl (C=O) groups excluding carboxylic acids is 2. The molecule has 182 valence electrons. The van der Waals surface area contributed by atoms with E-state index in [1.54, 1.807) is 4.90 Å². The Morgan fingerprint density at radius 1 is 1.00 bits per heavy atom. The maximum atomic E-state index is 13.2. The van der Waals surface area contributed by atoms with Crippen LogP contribution in [0.2, 0.25) is 0 Å². The smallest absolute Gasteiger partial charge is 0.256 e. The molecule has 9 heteroatoms. The van der Waals surface area contributed by atoms with Crippen molar-refractivity contribution in [3.8, 4) is 0 Å². The minimum atomic E-state index is -0.676. The molecule has 0 radical (unpaired) electrons. The highest BCUT2D eigenvalue weighted by Crippen LogP contribution is 2.30. The van der Waals surface area contributed by atoms with Crippen LogP contribution in [0.4, 0.5) is 11.5 Å². The molecule has 0 saturated carbocycles. The average molecular weight is 475 g/mol. The van der Waals surface area contributed by atoms with E-state index in [1.807, 2.05) is 54.6 Å². The standard InChI is InChI=1S/C26H30N6O3/c1-30-12-14-31(15-13-30)20-10-8-19(9-11-20)25(33)27-24-21-16-32(17-22(21)28-29-24)26(34)23(35-2)18-6-4-3-5-7-18/h3-11,23H,12-17H2,1-2H3,(H2,27,28,29,33)/t23-/m0/s1. The molecule has 2 aliphatic rings. The first-order valence-electron chi connectivity index (χ1n) is 11.8. The molecular formula is C26H30N6O3. The fraction of sp³-hybridized carbons (Fsp3) is 0.346. The van der Waals surface area contributed by atoms with Crippen molar-refractivity contribution in [1.82, 2.24) is 20.0 Å². The molecule has 1 fully saturated rings. The Morgan fingerprint density at radius 2 is 1.71 bits per heavy atom. The van der Waals surface area contributed by atoms with Crippen LogP contribution in [0.25, 0.3) is 0 Å². The number of nitrogens with one attached hydrogen (secondary N) is 2. The van der Waals surface area contributed by atoms with E-state index >= 15 is 0 Å². The number of hydrogen-bond acceptors (Lipinski definition) is 6. The van der Waals surface area contributed by atoms with E-state index in [0.29, 0.717) is 24.5 Å². The summed E-state index contributed by atoms with van der Waals surface area (Å²) in [5.74, 6) is 0.102. The van der Waals surface area contributed by atoms with Crippen LogP contribution in [0, 0.1) is 0 Å². The zero-order valence-electron chi connectivity index (χ0n) is 20.0. The predicted molar refractivity (Wildman–Crippen MR) is 133 cm³/mol. The number of methoxy groups -OCH3 is 1. The summed E-state index contributed by atoms with van der Waals surface area (Å²) >= 11 is 0. The second-order valence-corrected chi connectivity index (χ2v) is 9.04. The lowest BCUT2D eigenvalue weighted by atomic mass is 10.1. The van der Waals surface area contributed by atoms with Crippen LogP contribution < -0.4 is 10.2 Å². The van der Waals surface area contributed by atoms with Gasteiger partial charge in [0.25, 0.3) is 11.8 Å². The number of nitrogens with zero attached hydrogens (tertiary/aromatic N) is 4. The van der Waals surface area contributed by atoms with Crippen molar-refractivity contribution in [2.24, 2.45) is 0 Å². The van der Waals surface area contributed by atoms with Crippen LogP contribution in [0.15, 0.2) is 54.6 Å². The quantitative estimate of drug-likeness (QED) is 0.571. The highest BCUT2D eigenvalue weighted by atomic mass is 16.5. The molecular weight excluding hydrogens is 444 g/mol. The van der Waals surface area contributed by atoms with Crippen molar-refractivity contribution in [3.05, 3.63) is 77.0 Å². The van der Waals surface area contributed by atoms with Gasteiger partial charge in [0.05, 0.1) is 18.8 Å². The van der Waals surface area contributed by atoms with Crippen molar-refractivity contribution in [1.29, 1.82) is 0 Å². The van der Waals surface area contributed by atoms with E-state index in [9.17, 15) is 9.59 Å². The van der Waals surface area contributed by atoms with Gasteiger partial charge in [0.2, 0.25) is 0 Å². The highest BCUT2D eigenvalue weighted by Gasteiger charge is 2.33. The van der Waals surface area contributed by atoms with Gasteiger partial charge in [0.15, 0.2) is 11.9 Å². The number of aromatic nitrogens is 2. The van der Waals surface area contributed by atoms with Gasteiger partial charge in [0, 0.05) is 50.1 Å². The molecule has 1 aromatic heterocycles. The van der Waals surface area contributed by atoms with E-state index in [4.69, 9.17) is 4.74 Å². The number of aromatic amines is 1. The van der Waals surface area contributed by atoms with Crippen molar-refractivity contribution in [2.75, 3.05) is 50.6 Å². The Bertz CT molecular complexity index is 1190. The van der Waals surface area contributed by atoms with Gasteiger partial charge in [-0.2, -0.15) is 5.10 Å². The molecule has 0 bridgehead atoms. The first kappa shape index (κ1) is 23.1. The Balaban J connectivity index is 1.23. The van der Waals surface area contributed by atoms with Crippen LogP contribution in [-0.4, -0.2) is 72.1 Å². The molecule has 3 aromatic rings. The van der Waals surface area contributed by atoms with Crippen molar-refractivity contribution >= 4 is 23.3 Å². The molecule has 9 nitrogen and oxygen atoms in total. The third-order valence-electron chi connectivity index (χ3n) is 6.75. The van der Waals surface area contributed by atoms with Crippen molar-refractivity contribution in [2.45, 2.75) is 19.2 Å². The number of anilines is 2. The molecule has 0 spiro atoms. The fourth-order valence-corrected chi connectivity index (χ4v) is 4.64. The lowest BCUT2D eigenvalue weighted by Crippen LogP contribution is -2.44. The number of benzene rings is 2. The second kappa shape index (κ2) is 9.89. The van der Waals surface area contributed by atoms with Crippen LogP contribution in [-0.2, 0) is 22.6 Å². The maximum Gasteiger partial charge on any atom is 0.256 e. The minimum absolute atomic E-state index is 0.125. The number of fused-ring (bicyclic) bond motifs is 1. The molecule has 1 saturated heterocycles. The summed E-state index contributed by atoms with van der Waals surface area (Å²) in [5, 5.41) is 10.2. The number of carbonyl (C=O) groups is 2. The highest BCUT2D eigenvalue weighted by molar-refractivity contribution is 6.04. The van der Waals surface area contributed by atoms with Gasteiger partial charge in [0.1, 0.15) is 0 Å². The molecule has 1 atom stereocenters. The summed E-state index contributed by atoms with van der Waals surface area (Å²) in [7, 11) is 3.66. The van der Waals surface area contributed by atoms with Gasteiger partial charge in [-0.25, -0.2) is 0 Å². The number of likely N-dealkylation sites (N-methyl/N-ethyl adjacent to an activating group) is 1. The van der Waals surface area contributed by atoms with Crippen LogP contribution in [0.1, 0.15) is 33.3 Å². The first-order valence-corrected chi connectivity index (χ1v) is 11.8. The van der Waals surface area contributed by atoms with E-state index < -0.39 is 6.10 Å². The molecule has 0 aliphatic carbocycles. The van der Waals surface area contributed by atoms with Gasteiger partial charge in [-0.05, 0) is 36.9 Å². The summed E-state index contributed by atoms with van der Waals surface area (Å²) in [6.07, 6.45) is -0.676. The van der Waals surface area contributed by atoms with E-state index in [2.05, 4.69) is 32.4 Å². The summed E-state index contributed by atoms with van der Waals surface area (Å²) in [4.78, 5) is 32.4. The molecule has 2 aliphatic heterocycles. The first-order chi connectivity index (χ1) is 17.0. The summed E-state index contributed by atoms with van der Waals surface area (Å²) in [6.45, 7) is 4.76.